The predicted octanol–water partition coefficient (Wildman–Crippen LogP) is 0.731. The Morgan fingerprint density at radius 3 is 2.67 bits per heavy atom. The predicted molar refractivity (Wildman–Crippen MR) is 80.8 cm³/mol. The van der Waals surface area contributed by atoms with E-state index < -0.39 is 21.0 Å². The first-order chi connectivity index (χ1) is 9.99. The van der Waals surface area contributed by atoms with E-state index in [-0.39, 0.29) is 18.9 Å². The van der Waals surface area contributed by atoms with Gasteiger partial charge in [-0.3, -0.25) is 4.79 Å². The molecule has 0 aromatic heterocycles. The van der Waals surface area contributed by atoms with Gasteiger partial charge in [-0.15, -0.1) is 0 Å². The highest BCUT2D eigenvalue weighted by atomic mass is 32.2. The van der Waals surface area contributed by atoms with Gasteiger partial charge in [0.15, 0.2) is 9.84 Å². The lowest BCUT2D eigenvalue weighted by Gasteiger charge is -2.21. The van der Waals surface area contributed by atoms with Crippen molar-refractivity contribution in [2.45, 2.75) is 24.5 Å². The van der Waals surface area contributed by atoms with Crippen LogP contribution in [0.4, 0.5) is 5.69 Å². The van der Waals surface area contributed by atoms with Crippen molar-refractivity contribution < 1.29 is 17.9 Å². The highest BCUT2D eigenvalue weighted by Gasteiger charge is 2.34. The van der Waals surface area contributed by atoms with E-state index in [9.17, 15) is 13.2 Å². The lowest BCUT2D eigenvalue weighted by molar-refractivity contribution is -0.121. The van der Waals surface area contributed by atoms with Gasteiger partial charge in [0.1, 0.15) is 17.6 Å². The number of hydrogen-bond donors (Lipinski definition) is 2. The largest absolute Gasteiger partial charge is 0.492 e. The topological polar surface area (TPSA) is 98.5 Å². The van der Waals surface area contributed by atoms with Gasteiger partial charge in [-0.25, -0.2) is 8.42 Å². The number of anilines is 1. The minimum Gasteiger partial charge on any atom is -0.492 e. The maximum absolute atomic E-state index is 11.9. The van der Waals surface area contributed by atoms with Crippen LogP contribution in [0, 0.1) is 0 Å². The molecule has 1 amide bonds. The number of sulfone groups is 1. The van der Waals surface area contributed by atoms with Crippen LogP contribution >= 0.6 is 0 Å². The normalized spacial score (nSPS) is 20.7. The van der Waals surface area contributed by atoms with Crippen LogP contribution in [0.5, 0.6) is 5.75 Å². The number of nitrogen functional groups attached to an aromatic ring is 1. The van der Waals surface area contributed by atoms with Gasteiger partial charge in [0.25, 0.3) is 0 Å². The molecule has 0 bridgehead atoms. The van der Waals surface area contributed by atoms with Crippen molar-refractivity contribution in [2.75, 3.05) is 24.6 Å². The number of rotatable bonds is 5. The van der Waals surface area contributed by atoms with Crippen LogP contribution in [-0.2, 0) is 14.6 Å². The Bertz CT molecular complexity index is 583. The van der Waals surface area contributed by atoms with Gasteiger partial charge in [0.2, 0.25) is 5.91 Å². The Morgan fingerprint density at radius 2 is 2.00 bits per heavy atom. The molecule has 1 heterocycles. The SMILES string of the molecule is Nc1ccc(OCCNC(=O)C2CCCCS2(=O)=O)cc1. The monoisotopic (exact) mass is 312 g/mol. The molecule has 1 aromatic carbocycles. The number of carbonyl (C=O) groups is 1. The molecule has 1 aliphatic rings. The van der Waals surface area contributed by atoms with E-state index in [1.54, 1.807) is 24.3 Å². The van der Waals surface area contributed by atoms with Crippen LogP contribution in [0.2, 0.25) is 0 Å². The van der Waals surface area contributed by atoms with Crippen molar-refractivity contribution in [1.82, 2.24) is 5.32 Å². The highest BCUT2D eigenvalue weighted by Crippen LogP contribution is 2.19. The first-order valence-electron chi connectivity index (χ1n) is 6.97. The zero-order chi connectivity index (χ0) is 15.3. The first kappa shape index (κ1) is 15.6. The Morgan fingerprint density at radius 1 is 1.29 bits per heavy atom. The van der Waals surface area contributed by atoms with E-state index in [2.05, 4.69) is 5.32 Å². The third-order valence-corrected chi connectivity index (χ3v) is 5.60. The summed E-state index contributed by atoms with van der Waals surface area (Å²) in [6.45, 7) is 0.553. The van der Waals surface area contributed by atoms with E-state index >= 15 is 0 Å². The van der Waals surface area contributed by atoms with Crippen LogP contribution in [0.1, 0.15) is 19.3 Å². The molecule has 0 saturated carbocycles. The number of amides is 1. The van der Waals surface area contributed by atoms with Gasteiger partial charge < -0.3 is 15.8 Å². The Balaban J connectivity index is 1.75. The third-order valence-electron chi connectivity index (χ3n) is 3.42. The standard InChI is InChI=1S/C14H20N2O4S/c15-11-4-6-12(7-5-11)20-9-8-16-14(17)13-3-1-2-10-21(13,18)19/h4-7,13H,1-3,8-10,15H2,(H,16,17). The van der Waals surface area contributed by atoms with Crippen molar-refractivity contribution in [2.24, 2.45) is 0 Å². The van der Waals surface area contributed by atoms with Crippen molar-refractivity contribution >= 4 is 21.4 Å². The molecule has 1 saturated heterocycles. The summed E-state index contributed by atoms with van der Waals surface area (Å²) in [6, 6.07) is 6.93. The average molecular weight is 312 g/mol. The molecule has 21 heavy (non-hydrogen) atoms. The fourth-order valence-electron chi connectivity index (χ4n) is 2.27. The Labute approximate surface area is 124 Å². The van der Waals surface area contributed by atoms with Crippen LogP contribution in [0.25, 0.3) is 0 Å². The smallest absolute Gasteiger partial charge is 0.238 e. The molecule has 6 nitrogen and oxygen atoms in total. The molecule has 0 radical (unpaired) electrons. The number of nitrogens with two attached hydrogens (primary N) is 1. The molecular weight excluding hydrogens is 292 g/mol. The molecule has 0 spiro atoms. The summed E-state index contributed by atoms with van der Waals surface area (Å²) < 4.78 is 29.0. The number of ether oxygens (including phenoxy) is 1. The molecule has 1 unspecified atom stereocenters. The van der Waals surface area contributed by atoms with E-state index in [0.29, 0.717) is 24.3 Å². The van der Waals surface area contributed by atoms with E-state index in [0.717, 1.165) is 6.42 Å². The highest BCUT2D eigenvalue weighted by molar-refractivity contribution is 7.92. The molecule has 3 N–H and O–H groups in total. The molecule has 1 aliphatic heterocycles. The number of benzene rings is 1. The van der Waals surface area contributed by atoms with Crippen molar-refractivity contribution in [3.05, 3.63) is 24.3 Å². The molecule has 116 valence electrons. The van der Waals surface area contributed by atoms with Crippen LogP contribution < -0.4 is 15.8 Å². The molecule has 7 heteroatoms. The lowest BCUT2D eigenvalue weighted by Crippen LogP contribution is -2.43. The van der Waals surface area contributed by atoms with Crippen molar-refractivity contribution in [1.29, 1.82) is 0 Å². The van der Waals surface area contributed by atoms with Crippen molar-refractivity contribution in [3.63, 3.8) is 0 Å². The summed E-state index contributed by atoms with van der Waals surface area (Å²) in [5, 5.41) is 1.72. The second-order valence-electron chi connectivity index (χ2n) is 5.06. The number of nitrogens with one attached hydrogen (secondary N) is 1. The molecule has 1 aromatic rings. The Hall–Kier alpha value is -1.76. The molecule has 2 rings (SSSR count). The third kappa shape index (κ3) is 4.35. The lowest BCUT2D eigenvalue weighted by atomic mass is 10.2. The van der Waals surface area contributed by atoms with Crippen LogP contribution in [0.3, 0.4) is 0 Å². The van der Waals surface area contributed by atoms with Crippen molar-refractivity contribution in [3.8, 4) is 5.75 Å². The summed E-state index contributed by atoms with van der Waals surface area (Å²) in [7, 11) is -3.28. The minimum absolute atomic E-state index is 0.104. The van der Waals surface area contributed by atoms with Gasteiger partial charge in [-0.1, -0.05) is 6.42 Å². The van der Waals surface area contributed by atoms with Crippen LogP contribution in [-0.4, -0.2) is 38.5 Å². The molecule has 0 aliphatic carbocycles. The van der Waals surface area contributed by atoms with E-state index in [1.807, 2.05) is 0 Å². The second-order valence-corrected chi connectivity index (χ2v) is 7.36. The maximum atomic E-state index is 11.9. The number of hydrogen-bond acceptors (Lipinski definition) is 5. The van der Waals surface area contributed by atoms with E-state index in [1.165, 1.54) is 0 Å². The second kappa shape index (κ2) is 6.80. The Kier molecular flexibility index (Phi) is 5.06. The fourth-order valence-corrected chi connectivity index (χ4v) is 4.10. The quantitative estimate of drug-likeness (QED) is 0.617. The first-order valence-corrected chi connectivity index (χ1v) is 8.68. The summed E-state index contributed by atoms with van der Waals surface area (Å²) in [4.78, 5) is 11.9. The molecular formula is C14H20N2O4S. The summed E-state index contributed by atoms with van der Waals surface area (Å²) in [6.07, 6.45) is 1.83. The summed E-state index contributed by atoms with van der Waals surface area (Å²) in [5.41, 5.74) is 6.21. The zero-order valence-corrected chi connectivity index (χ0v) is 12.6. The molecule has 1 fully saturated rings. The summed E-state index contributed by atoms with van der Waals surface area (Å²) >= 11 is 0. The van der Waals surface area contributed by atoms with E-state index in [4.69, 9.17) is 10.5 Å². The van der Waals surface area contributed by atoms with Crippen LogP contribution in [0.15, 0.2) is 24.3 Å². The fraction of sp³-hybridized carbons (Fsp3) is 0.500. The number of carbonyl (C=O) groups excluding carboxylic acids is 1. The van der Waals surface area contributed by atoms with Gasteiger partial charge in [0.05, 0.1) is 12.3 Å². The van der Waals surface area contributed by atoms with Gasteiger partial charge in [-0.05, 0) is 37.1 Å². The van der Waals surface area contributed by atoms with Gasteiger partial charge in [0, 0.05) is 5.69 Å². The average Bonchev–Trinajstić information content (AvgIpc) is 2.45. The minimum atomic E-state index is -3.28. The molecule has 1 atom stereocenters. The van der Waals surface area contributed by atoms with Gasteiger partial charge >= 0.3 is 0 Å². The summed E-state index contributed by atoms with van der Waals surface area (Å²) in [5.74, 6) is 0.340. The maximum Gasteiger partial charge on any atom is 0.238 e. The zero-order valence-electron chi connectivity index (χ0n) is 11.7. The van der Waals surface area contributed by atoms with Gasteiger partial charge in [-0.2, -0.15) is 0 Å².